The van der Waals surface area contributed by atoms with Crippen LogP contribution in [-0.2, 0) is 27.7 Å². The van der Waals surface area contributed by atoms with Gasteiger partial charge in [0, 0.05) is 6.42 Å². The van der Waals surface area contributed by atoms with Crippen molar-refractivity contribution >= 4 is 11.0 Å². The van der Waals surface area contributed by atoms with Crippen molar-refractivity contribution < 1.29 is 26.5 Å². The van der Waals surface area contributed by atoms with E-state index in [0.717, 1.165) is 0 Å². The van der Waals surface area contributed by atoms with Crippen LogP contribution in [0.3, 0.4) is 0 Å². The molecule has 0 amide bonds. The van der Waals surface area contributed by atoms with Gasteiger partial charge in [-0.2, -0.15) is 8.78 Å². The Balaban J connectivity index is 2.64. The van der Waals surface area contributed by atoms with Crippen LogP contribution in [0.5, 0.6) is 0 Å². The van der Waals surface area contributed by atoms with Gasteiger partial charge in [-0.1, -0.05) is 60.7 Å². The van der Waals surface area contributed by atoms with Gasteiger partial charge in [0.2, 0.25) is 0 Å². The monoisotopic (exact) mass is 417 g/mol. The summed E-state index contributed by atoms with van der Waals surface area (Å²) in [6, 6.07) is 16.5. The highest BCUT2D eigenvalue weighted by Gasteiger charge is 2.52. The molecule has 28 heavy (non-hydrogen) atoms. The second-order valence-electron chi connectivity index (χ2n) is 7.22. The number of benzene rings is 2. The zero-order valence-corrected chi connectivity index (χ0v) is 16.4. The summed E-state index contributed by atoms with van der Waals surface area (Å²) in [6.45, 7) is 3.05. The van der Waals surface area contributed by atoms with E-state index in [-0.39, 0.29) is 18.4 Å². The summed E-state index contributed by atoms with van der Waals surface area (Å²) in [6.07, 6.45) is -9.10. The van der Waals surface area contributed by atoms with Crippen LogP contribution in [0.25, 0.3) is 0 Å². The average molecular weight is 417 g/mol. The summed E-state index contributed by atoms with van der Waals surface area (Å²) in [5.41, 5.74) is -0.992. The van der Waals surface area contributed by atoms with Gasteiger partial charge >= 0.3 is 12.5 Å². The van der Waals surface area contributed by atoms with E-state index in [1.165, 1.54) is 26.0 Å². The molecule has 0 aliphatic carbocycles. The third-order valence-corrected chi connectivity index (χ3v) is 5.71. The molecular weight excluding hydrogens is 394 g/mol. The molecule has 0 aromatic heterocycles. The molecule has 0 fully saturated rings. The molecule has 8 heteroatoms. The maximum absolute atomic E-state index is 14.1. The Bertz CT molecular complexity index is 787. The fourth-order valence-corrected chi connectivity index (χ4v) is 3.50. The highest BCUT2D eigenvalue weighted by atomic mass is 32.2. The van der Waals surface area contributed by atoms with Gasteiger partial charge < -0.3 is 4.74 Å². The van der Waals surface area contributed by atoms with Crippen LogP contribution >= 0.6 is 0 Å². The highest BCUT2D eigenvalue weighted by molar-refractivity contribution is 7.84. The molecule has 2 aromatic rings. The van der Waals surface area contributed by atoms with E-state index in [1.807, 2.05) is 0 Å². The molecule has 2 N–H and O–H groups in total. The Morgan fingerprint density at radius 3 is 1.96 bits per heavy atom. The molecule has 0 radical (unpaired) electrons. The number of nitrogens with two attached hydrogens (primary N) is 1. The van der Waals surface area contributed by atoms with E-state index in [2.05, 4.69) is 0 Å². The van der Waals surface area contributed by atoms with Gasteiger partial charge in [-0.05, 0) is 31.4 Å². The molecule has 0 saturated heterocycles. The van der Waals surface area contributed by atoms with Gasteiger partial charge in [0.25, 0.3) is 0 Å². The van der Waals surface area contributed by atoms with Crippen molar-refractivity contribution in [2.45, 2.75) is 49.6 Å². The summed E-state index contributed by atoms with van der Waals surface area (Å²) < 4.78 is 70.0. The number of rotatable bonds is 9. The minimum Gasteiger partial charge on any atom is -0.304 e. The fraction of sp³-hybridized carbons (Fsp3) is 0.400. The predicted octanol–water partition coefficient (Wildman–Crippen LogP) is 4.79. The Hall–Kier alpha value is -1.77. The molecule has 2 aromatic carbocycles. The zero-order valence-electron chi connectivity index (χ0n) is 15.6. The molecule has 2 unspecified atom stereocenters. The van der Waals surface area contributed by atoms with E-state index >= 15 is 0 Å². The van der Waals surface area contributed by atoms with Crippen LogP contribution < -0.4 is 5.14 Å². The number of alkyl halides is 4. The Morgan fingerprint density at radius 1 is 1.00 bits per heavy atom. The molecule has 154 valence electrons. The van der Waals surface area contributed by atoms with Gasteiger partial charge in [0.1, 0.15) is 5.60 Å². The van der Waals surface area contributed by atoms with Gasteiger partial charge in [0.05, 0.1) is 15.7 Å². The minimum atomic E-state index is -4.70. The summed E-state index contributed by atoms with van der Waals surface area (Å²) in [4.78, 5) is 0. The largest absolute Gasteiger partial charge is 0.417 e. The standard InChI is InChI=1S/C20H23F4NO2S/c1-18(2,28(25)26)14-19(16-11-7-4-8-12-16,27-20(23,24)17(21)22)13-15-9-5-3-6-10-15/h3-12,17H,13-14,25H2,1-2H3. The fourth-order valence-electron chi connectivity index (χ4n) is 3.13. The molecule has 0 spiro atoms. The maximum Gasteiger partial charge on any atom is 0.417 e. The summed E-state index contributed by atoms with van der Waals surface area (Å²) in [5.74, 6) is 0. The van der Waals surface area contributed by atoms with Crippen LogP contribution in [0.15, 0.2) is 60.7 Å². The van der Waals surface area contributed by atoms with Crippen molar-refractivity contribution in [1.82, 2.24) is 0 Å². The van der Waals surface area contributed by atoms with Crippen LogP contribution in [0.1, 0.15) is 31.4 Å². The van der Waals surface area contributed by atoms with E-state index < -0.39 is 33.9 Å². The third kappa shape index (κ3) is 5.40. The average Bonchev–Trinajstić information content (AvgIpc) is 2.62. The highest BCUT2D eigenvalue weighted by Crippen LogP contribution is 2.44. The second-order valence-corrected chi connectivity index (χ2v) is 8.92. The van der Waals surface area contributed by atoms with Crippen LogP contribution in [0.2, 0.25) is 0 Å². The van der Waals surface area contributed by atoms with Crippen molar-refractivity contribution in [3.8, 4) is 0 Å². The Kier molecular flexibility index (Phi) is 7.01. The summed E-state index contributed by atoms with van der Waals surface area (Å²) in [7, 11) is -1.91. The van der Waals surface area contributed by atoms with Gasteiger partial charge in [-0.25, -0.2) is 13.0 Å². The molecule has 2 rings (SSSR count). The minimum absolute atomic E-state index is 0.124. The predicted molar refractivity (Wildman–Crippen MR) is 101 cm³/mol. The quantitative estimate of drug-likeness (QED) is 0.597. The van der Waals surface area contributed by atoms with Gasteiger partial charge in [-0.3, -0.25) is 5.14 Å². The first-order chi connectivity index (χ1) is 13.0. The van der Waals surface area contributed by atoms with Crippen molar-refractivity contribution in [1.29, 1.82) is 0 Å². The number of halogens is 4. The third-order valence-electron chi connectivity index (χ3n) is 4.47. The van der Waals surface area contributed by atoms with Crippen LogP contribution in [-0.4, -0.2) is 21.5 Å². The van der Waals surface area contributed by atoms with E-state index in [9.17, 15) is 21.8 Å². The van der Waals surface area contributed by atoms with E-state index in [1.54, 1.807) is 48.5 Å². The molecular formula is C20H23F4NO2S. The molecule has 3 nitrogen and oxygen atoms in total. The van der Waals surface area contributed by atoms with Crippen LogP contribution in [0.4, 0.5) is 17.6 Å². The summed E-state index contributed by atoms with van der Waals surface area (Å²) >= 11 is 0. The molecule has 0 heterocycles. The lowest BCUT2D eigenvalue weighted by atomic mass is 9.80. The van der Waals surface area contributed by atoms with Crippen molar-refractivity contribution in [3.05, 3.63) is 71.8 Å². The first-order valence-corrected chi connectivity index (χ1v) is 9.82. The normalized spacial score (nSPS) is 16.0. The maximum atomic E-state index is 14.1. The van der Waals surface area contributed by atoms with Crippen molar-refractivity contribution in [2.75, 3.05) is 0 Å². The second kappa shape index (κ2) is 8.71. The Labute approximate surface area is 164 Å². The number of hydrogen-bond donors (Lipinski definition) is 1. The molecule has 0 saturated carbocycles. The van der Waals surface area contributed by atoms with Crippen molar-refractivity contribution in [2.24, 2.45) is 5.14 Å². The van der Waals surface area contributed by atoms with E-state index in [4.69, 9.17) is 9.88 Å². The van der Waals surface area contributed by atoms with Gasteiger partial charge in [-0.15, -0.1) is 0 Å². The topological polar surface area (TPSA) is 52.3 Å². The molecule has 0 aliphatic heterocycles. The molecule has 0 bridgehead atoms. The van der Waals surface area contributed by atoms with Gasteiger partial charge in [0.15, 0.2) is 0 Å². The summed E-state index contributed by atoms with van der Waals surface area (Å²) in [5, 5.41) is 5.55. The first kappa shape index (κ1) is 22.5. The first-order valence-electron chi connectivity index (χ1n) is 8.60. The SMILES string of the molecule is CC(C)(CC(Cc1ccccc1)(OC(F)(F)C(F)F)c1ccccc1)S(N)=O. The Morgan fingerprint density at radius 2 is 1.50 bits per heavy atom. The lowest BCUT2D eigenvalue weighted by molar-refractivity contribution is -0.349. The smallest absolute Gasteiger partial charge is 0.304 e. The number of ether oxygens (including phenoxy) is 1. The number of hydrogen-bond acceptors (Lipinski definition) is 2. The molecule has 2 atom stereocenters. The van der Waals surface area contributed by atoms with Crippen molar-refractivity contribution in [3.63, 3.8) is 0 Å². The van der Waals surface area contributed by atoms with E-state index in [0.29, 0.717) is 5.56 Å². The lowest BCUT2D eigenvalue weighted by Gasteiger charge is -2.41. The lowest BCUT2D eigenvalue weighted by Crippen LogP contribution is -2.49. The molecule has 0 aliphatic rings. The van der Waals surface area contributed by atoms with Crippen LogP contribution in [0, 0.1) is 0 Å². The zero-order chi connectivity index (χ0) is 21.0.